The molecule has 1 atom stereocenters. The third-order valence-corrected chi connectivity index (χ3v) is 5.70. The average Bonchev–Trinajstić information content (AvgIpc) is 3.25. The molecule has 160 valence electrons. The fraction of sp³-hybridized carbons (Fsp3) is 0.316. The summed E-state index contributed by atoms with van der Waals surface area (Å²) in [6.07, 6.45) is 0.764. The van der Waals surface area contributed by atoms with Crippen LogP contribution in [0.1, 0.15) is 33.0 Å². The lowest BCUT2D eigenvalue weighted by atomic mass is 10.1. The van der Waals surface area contributed by atoms with Gasteiger partial charge in [-0.25, -0.2) is 0 Å². The van der Waals surface area contributed by atoms with Gasteiger partial charge < -0.3 is 31.4 Å². The van der Waals surface area contributed by atoms with E-state index in [-0.39, 0.29) is 27.3 Å². The maximum absolute atomic E-state index is 12.8. The van der Waals surface area contributed by atoms with Crippen LogP contribution in [0.3, 0.4) is 0 Å². The van der Waals surface area contributed by atoms with Crippen molar-refractivity contribution in [1.29, 1.82) is 0 Å². The number of carboxylic acids is 1. The molecule has 0 saturated carbocycles. The highest BCUT2D eigenvalue weighted by Gasteiger charge is 2.25. The molecular formula is C19H21Cl2N5O4. The smallest absolute Gasteiger partial charge is 0.322 e. The number of amides is 2. The summed E-state index contributed by atoms with van der Waals surface area (Å²) in [6.45, 7) is 2.41. The Morgan fingerprint density at radius 1 is 1.27 bits per heavy atom. The number of rotatable bonds is 6. The van der Waals surface area contributed by atoms with Gasteiger partial charge in [-0.1, -0.05) is 23.2 Å². The molecule has 1 aliphatic rings. The van der Waals surface area contributed by atoms with Crippen molar-refractivity contribution in [3.63, 3.8) is 0 Å². The molecule has 2 heterocycles. The first-order valence-electron chi connectivity index (χ1n) is 9.16. The first-order chi connectivity index (χ1) is 14.2. The number of hydrogen-bond donors (Lipinski definition) is 5. The lowest BCUT2D eigenvalue weighted by Gasteiger charge is -2.23. The van der Waals surface area contributed by atoms with Crippen molar-refractivity contribution in [3.05, 3.63) is 45.2 Å². The van der Waals surface area contributed by atoms with Crippen LogP contribution in [0, 0.1) is 6.92 Å². The Morgan fingerprint density at radius 3 is 2.57 bits per heavy atom. The normalized spacial score (nSPS) is 15.9. The molecule has 0 unspecified atom stereocenters. The minimum absolute atomic E-state index is 0.0302. The highest BCUT2D eigenvalue weighted by molar-refractivity contribution is 6.44. The topological polar surface area (TPSA) is 141 Å². The van der Waals surface area contributed by atoms with Crippen molar-refractivity contribution in [2.75, 3.05) is 29.9 Å². The number of aromatic nitrogens is 1. The zero-order valence-electron chi connectivity index (χ0n) is 16.1. The Morgan fingerprint density at radius 2 is 2.00 bits per heavy atom. The number of aliphatic carboxylic acids is 1. The number of nitrogens with zero attached hydrogens (tertiary/aromatic N) is 1. The molecule has 0 radical (unpaired) electrons. The van der Waals surface area contributed by atoms with Gasteiger partial charge in [0.1, 0.15) is 12.2 Å². The van der Waals surface area contributed by atoms with Gasteiger partial charge in [0.05, 0.1) is 21.4 Å². The Kier molecular flexibility index (Phi) is 6.55. The Labute approximate surface area is 182 Å². The van der Waals surface area contributed by atoms with E-state index >= 15 is 0 Å². The van der Waals surface area contributed by atoms with Crippen LogP contribution >= 0.6 is 23.2 Å². The number of hydrogen-bond acceptors (Lipinski definition) is 5. The standard InChI is InChI=1S/C19H21Cl2N5O4/c1-9-15(20)16(21)17(24-9)19(30)25-12-3-2-10(18(29)23-7-14(27)28)6-13(12)26-5-4-11(22)8-26/h2-3,6,11,24H,4-5,7-8,22H2,1H3,(H,23,29)(H,25,30)(H,27,28)/t11-/m1/s1. The lowest BCUT2D eigenvalue weighted by Crippen LogP contribution is -2.30. The maximum Gasteiger partial charge on any atom is 0.322 e. The van der Waals surface area contributed by atoms with Gasteiger partial charge in [-0.15, -0.1) is 0 Å². The largest absolute Gasteiger partial charge is 0.480 e. The van der Waals surface area contributed by atoms with Gasteiger partial charge in [0.25, 0.3) is 11.8 Å². The monoisotopic (exact) mass is 453 g/mol. The van der Waals surface area contributed by atoms with Crippen molar-refractivity contribution in [2.45, 2.75) is 19.4 Å². The van der Waals surface area contributed by atoms with Gasteiger partial charge in [-0.2, -0.15) is 0 Å². The van der Waals surface area contributed by atoms with E-state index in [1.54, 1.807) is 19.1 Å². The molecule has 1 aliphatic heterocycles. The van der Waals surface area contributed by atoms with Crippen LogP contribution in [0.25, 0.3) is 0 Å². The number of nitrogens with one attached hydrogen (secondary N) is 3. The zero-order chi connectivity index (χ0) is 22.0. The molecule has 30 heavy (non-hydrogen) atoms. The highest BCUT2D eigenvalue weighted by atomic mass is 35.5. The van der Waals surface area contributed by atoms with Crippen LogP contribution in [-0.4, -0.2) is 53.6 Å². The van der Waals surface area contributed by atoms with Crippen LogP contribution in [-0.2, 0) is 4.79 Å². The number of halogens is 2. The van der Waals surface area contributed by atoms with Gasteiger partial charge in [-0.05, 0) is 31.5 Å². The Bertz CT molecular complexity index is 1010. The van der Waals surface area contributed by atoms with Crippen LogP contribution in [0.5, 0.6) is 0 Å². The summed E-state index contributed by atoms with van der Waals surface area (Å²) in [5.74, 6) is -2.16. The molecule has 3 rings (SSSR count). The van der Waals surface area contributed by atoms with Gasteiger partial charge in [-0.3, -0.25) is 14.4 Å². The van der Waals surface area contributed by atoms with Crippen LogP contribution in [0.4, 0.5) is 11.4 Å². The highest BCUT2D eigenvalue weighted by Crippen LogP contribution is 2.33. The predicted octanol–water partition coefficient (Wildman–Crippen LogP) is 2.23. The maximum atomic E-state index is 12.8. The summed E-state index contributed by atoms with van der Waals surface area (Å²) in [4.78, 5) is 40.6. The molecule has 1 aromatic carbocycles. The number of carbonyl (C=O) groups is 3. The molecule has 0 bridgehead atoms. The van der Waals surface area contributed by atoms with Crippen LogP contribution in [0.2, 0.25) is 10.0 Å². The average molecular weight is 454 g/mol. The second-order valence-corrected chi connectivity index (χ2v) is 7.77. The second kappa shape index (κ2) is 8.95. The van der Waals surface area contributed by atoms with E-state index in [1.807, 2.05) is 4.90 Å². The minimum Gasteiger partial charge on any atom is -0.480 e. The Hall–Kier alpha value is -2.75. The van der Waals surface area contributed by atoms with Gasteiger partial charge in [0.2, 0.25) is 0 Å². The van der Waals surface area contributed by atoms with Crippen molar-refractivity contribution >= 4 is 52.4 Å². The molecular weight excluding hydrogens is 433 g/mol. The summed E-state index contributed by atoms with van der Waals surface area (Å²) >= 11 is 12.2. The summed E-state index contributed by atoms with van der Waals surface area (Å²) in [7, 11) is 0. The van der Waals surface area contributed by atoms with E-state index in [4.69, 9.17) is 34.0 Å². The van der Waals surface area contributed by atoms with E-state index < -0.39 is 24.3 Å². The quantitative estimate of drug-likeness (QED) is 0.454. The van der Waals surface area contributed by atoms with Crippen molar-refractivity contribution < 1.29 is 19.5 Å². The van der Waals surface area contributed by atoms with E-state index in [2.05, 4.69) is 15.6 Å². The fourth-order valence-corrected chi connectivity index (χ4v) is 3.63. The van der Waals surface area contributed by atoms with Gasteiger partial charge >= 0.3 is 5.97 Å². The molecule has 0 aliphatic carbocycles. The van der Waals surface area contributed by atoms with Crippen molar-refractivity contribution in [1.82, 2.24) is 10.3 Å². The first-order valence-corrected chi connectivity index (χ1v) is 9.92. The summed E-state index contributed by atoms with van der Waals surface area (Å²) in [5, 5.41) is 14.3. The third kappa shape index (κ3) is 4.69. The Balaban J connectivity index is 1.90. The van der Waals surface area contributed by atoms with E-state index in [0.717, 1.165) is 6.42 Å². The second-order valence-electron chi connectivity index (χ2n) is 7.01. The number of aromatic amines is 1. The third-order valence-electron chi connectivity index (χ3n) is 4.75. The SMILES string of the molecule is Cc1[nH]c(C(=O)Nc2ccc(C(=O)NCC(=O)O)cc2N2CC[C@@H](N)C2)c(Cl)c1Cl. The van der Waals surface area contributed by atoms with Gasteiger partial charge in [0.15, 0.2) is 0 Å². The number of anilines is 2. The van der Waals surface area contributed by atoms with E-state index in [1.165, 1.54) is 6.07 Å². The van der Waals surface area contributed by atoms with Gasteiger partial charge in [0, 0.05) is 30.4 Å². The molecule has 1 fully saturated rings. The van der Waals surface area contributed by atoms with Crippen molar-refractivity contribution in [2.24, 2.45) is 5.73 Å². The molecule has 9 nitrogen and oxygen atoms in total. The number of carbonyl (C=O) groups excluding carboxylic acids is 2. The molecule has 6 N–H and O–H groups in total. The van der Waals surface area contributed by atoms with E-state index in [9.17, 15) is 14.4 Å². The predicted molar refractivity (Wildman–Crippen MR) is 115 cm³/mol. The van der Waals surface area contributed by atoms with Crippen LogP contribution < -0.4 is 21.3 Å². The zero-order valence-corrected chi connectivity index (χ0v) is 17.6. The number of aryl methyl sites for hydroxylation is 1. The molecule has 0 spiro atoms. The number of benzene rings is 1. The molecule has 1 saturated heterocycles. The summed E-state index contributed by atoms with van der Waals surface area (Å²) in [6, 6.07) is 4.65. The fourth-order valence-electron chi connectivity index (χ4n) is 3.22. The first kappa shape index (κ1) is 21.9. The van der Waals surface area contributed by atoms with E-state index in [0.29, 0.717) is 30.2 Å². The molecule has 1 aromatic heterocycles. The number of nitrogens with two attached hydrogens (primary N) is 1. The number of H-pyrrole nitrogens is 1. The van der Waals surface area contributed by atoms with Crippen molar-refractivity contribution in [3.8, 4) is 0 Å². The van der Waals surface area contributed by atoms with Crippen LogP contribution in [0.15, 0.2) is 18.2 Å². The lowest BCUT2D eigenvalue weighted by molar-refractivity contribution is -0.135. The molecule has 11 heteroatoms. The molecule has 2 aromatic rings. The summed E-state index contributed by atoms with van der Waals surface area (Å²) in [5.41, 5.74) is 8.04. The summed E-state index contributed by atoms with van der Waals surface area (Å²) < 4.78 is 0. The molecule has 2 amide bonds. The minimum atomic E-state index is -1.14. The number of carboxylic acid groups (broad SMARTS) is 1.